The van der Waals surface area contributed by atoms with E-state index in [1.54, 1.807) is 0 Å². The van der Waals surface area contributed by atoms with E-state index in [0.717, 1.165) is 13.1 Å². The molecule has 0 unspecified atom stereocenters. The monoisotopic (exact) mass is 219 g/mol. The van der Waals surface area contributed by atoms with Crippen LogP contribution in [0.25, 0.3) is 0 Å². The smallest absolute Gasteiger partial charge is 0.0683 e. The molecule has 0 fully saturated rings. The fourth-order valence-corrected chi connectivity index (χ4v) is 2.13. The molecule has 2 heteroatoms. The summed E-state index contributed by atoms with van der Waals surface area (Å²) in [5.74, 6) is 0. The second kappa shape index (κ2) is 5.88. The Morgan fingerprint density at radius 1 is 1.13 bits per heavy atom. The molecule has 1 aromatic carbocycles. The number of hydrogen-bond acceptors (Lipinski definition) is 1. The van der Waals surface area contributed by atoms with Gasteiger partial charge in [0.2, 0.25) is 0 Å². The zero-order valence-corrected chi connectivity index (χ0v) is 11.0. The van der Waals surface area contributed by atoms with Crippen molar-refractivity contribution in [3.63, 3.8) is 0 Å². The van der Waals surface area contributed by atoms with E-state index < -0.39 is 8.07 Å². The molecule has 1 rings (SSSR count). The molecule has 1 nitrogen and oxygen atoms in total. The number of nitrogens with one attached hydrogen (secondary N) is 1. The Morgan fingerprint density at radius 2 is 1.80 bits per heavy atom. The summed E-state index contributed by atoms with van der Waals surface area (Å²) in [6.07, 6.45) is 2.26. The van der Waals surface area contributed by atoms with E-state index in [9.17, 15) is 0 Å². The Bertz CT molecular complexity index is 298. The van der Waals surface area contributed by atoms with Gasteiger partial charge in [-0.2, -0.15) is 0 Å². The van der Waals surface area contributed by atoms with Crippen molar-refractivity contribution in [3.8, 4) is 0 Å². The Morgan fingerprint density at radius 3 is 2.40 bits per heavy atom. The first-order valence-corrected chi connectivity index (χ1v) is 9.08. The minimum absolute atomic E-state index is 0.955. The molecular formula is C13H21NSi. The zero-order chi connectivity index (χ0) is 11.1. The molecule has 0 saturated heterocycles. The summed E-state index contributed by atoms with van der Waals surface area (Å²) >= 11 is 0. The van der Waals surface area contributed by atoms with Crippen LogP contribution < -0.4 is 5.32 Å². The molecule has 0 spiro atoms. The lowest BCUT2D eigenvalue weighted by Crippen LogP contribution is -2.18. The fraction of sp³-hybridized carbons (Fsp3) is 0.385. The Kier molecular flexibility index (Phi) is 4.79. The first-order chi connectivity index (χ1) is 7.08. The predicted octanol–water partition coefficient (Wildman–Crippen LogP) is 3.21. The third-order valence-electron chi connectivity index (χ3n) is 2.05. The largest absolute Gasteiger partial charge is 0.309 e. The highest BCUT2D eigenvalue weighted by molar-refractivity contribution is 6.80. The van der Waals surface area contributed by atoms with Gasteiger partial charge in [0.25, 0.3) is 0 Å². The zero-order valence-electron chi connectivity index (χ0n) is 9.96. The lowest BCUT2D eigenvalue weighted by Gasteiger charge is -2.08. The van der Waals surface area contributed by atoms with Gasteiger partial charge < -0.3 is 5.32 Å². The molecule has 0 aliphatic heterocycles. The van der Waals surface area contributed by atoms with Crippen LogP contribution in [0, 0.1) is 0 Å². The summed E-state index contributed by atoms with van der Waals surface area (Å²) in [6, 6.07) is 10.5. The van der Waals surface area contributed by atoms with E-state index >= 15 is 0 Å². The van der Waals surface area contributed by atoms with Gasteiger partial charge in [-0.15, -0.1) is 0 Å². The van der Waals surface area contributed by atoms with Crippen LogP contribution in [-0.2, 0) is 6.54 Å². The molecule has 1 aromatic rings. The molecule has 0 heterocycles. The Balaban J connectivity index is 2.21. The lowest BCUT2D eigenvalue weighted by molar-refractivity contribution is 0.760. The molecule has 0 aromatic heterocycles. The highest BCUT2D eigenvalue weighted by Gasteiger charge is 2.05. The molecule has 82 valence electrons. The maximum Gasteiger partial charge on any atom is 0.0683 e. The summed E-state index contributed by atoms with van der Waals surface area (Å²) in [5, 5.41) is 3.41. The van der Waals surface area contributed by atoms with E-state index in [-0.39, 0.29) is 0 Å². The highest BCUT2D eigenvalue weighted by Crippen LogP contribution is 2.01. The van der Waals surface area contributed by atoms with Crippen molar-refractivity contribution in [2.75, 3.05) is 6.54 Å². The summed E-state index contributed by atoms with van der Waals surface area (Å²) in [5.41, 5.74) is 3.73. The van der Waals surface area contributed by atoms with Crippen LogP contribution in [-0.4, -0.2) is 14.6 Å². The number of benzene rings is 1. The van der Waals surface area contributed by atoms with Crippen LogP contribution in [0.3, 0.4) is 0 Å². The van der Waals surface area contributed by atoms with Gasteiger partial charge in [0.05, 0.1) is 8.07 Å². The summed E-state index contributed by atoms with van der Waals surface area (Å²) in [7, 11) is -1.01. The van der Waals surface area contributed by atoms with E-state index in [4.69, 9.17) is 0 Å². The first kappa shape index (κ1) is 12.2. The van der Waals surface area contributed by atoms with Crippen LogP contribution in [0.4, 0.5) is 0 Å². The van der Waals surface area contributed by atoms with Gasteiger partial charge in [-0.3, -0.25) is 0 Å². The first-order valence-electron chi connectivity index (χ1n) is 5.50. The number of hydrogen-bond donors (Lipinski definition) is 1. The van der Waals surface area contributed by atoms with Crippen molar-refractivity contribution in [1.82, 2.24) is 5.32 Å². The molecule has 1 N–H and O–H groups in total. The van der Waals surface area contributed by atoms with E-state index in [1.165, 1.54) is 5.56 Å². The van der Waals surface area contributed by atoms with Crippen LogP contribution >= 0.6 is 0 Å². The van der Waals surface area contributed by atoms with Crippen LogP contribution in [0.1, 0.15) is 5.56 Å². The molecule has 0 atom stereocenters. The van der Waals surface area contributed by atoms with Gasteiger partial charge in [-0.05, 0) is 5.56 Å². The molecule has 0 aliphatic carbocycles. The van der Waals surface area contributed by atoms with Crippen LogP contribution in [0.15, 0.2) is 42.1 Å². The third-order valence-corrected chi connectivity index (χ3v) is 3.29. The molecule has 0 aliphatic rings. The van der Waals surface area contributed by atoms with Crippen molar-refractivity contribution in [1.29, 1.82) is 0 Å². The van der Waals surface area contributed by atoms with Gasteiger partial charge in [-0.25, -0.2) is 0 Å². The van der Waals surface area contributed by atoms with Crippen LogP contribution in [0.5, 0.6) is 0 Å². The topological polar surface area (TPSA) is 12.0 Å². The second-order valence-electron chi connectivity index (χ2n) is 4.88. The normalized spacial score (nSPS) is 12.2. The fourth-order valence-electron chi connectivity index (χ4n) is 1.31. The Hall–Kier alpha value is -0.863. The Labute approximate surface area is 94.2 Å². The van der Waals surface area contributed by atoms with Gasteiger partial charge >= 0.3 is 0 Å². The van der Waals surface area contributed by atoms with Crippen LogP contribution in [0.2, 0.25) is 19.6 Å². The van der Waals surface area contributed by atoms with Crippen molar-refractivity contribution in [2.24, 2.45) is 0 Å². The molecule has 15 heavy (non-hydrogen) atoms. The van der Waals surface area contributed by atoms with Crippen molar-refractivity contribution in [2.45, 2.75) is 26.2 Å². The minimum Gasteiger partial charge on any atom is -0.309 e. The van der Waals surface area contributed by atoms with Crippen molar-refractivity contribution in [3.05, 3.63) is 47.7 Å². The van der Waals surface area contributed by atoms with Crippen molar-refractivity contribution >= 4 is 8.07 Å². The maximum absolute atomic E-state index is 3.41. The summed E-state index contributed by atoms with van der Waals surface area (Å²) in [6.45, 7) is 8.97. The summed E-state index contributed by atoms with van der Waals surface area (Å²) < 4.78 is 0. The third kappa shape index (κ3) is 6.26. The average Bonchev–Trinajstić information content (AvgIpc) is 2.17. The standard InChI is InChI=1S/C13H21NSi/c1-15(2,3)11-7-10-14-12-13-8-5-4-6-9-13/h4-9,11,14H,10,12H2,1-3H3/b11-7+. The van der Waals surface area contributed by atoms with E-state index in [1.807, 2.05) is 0 Å². The quantitative estimate of drug-likeness (QED) is 0.592. The SMILES string of the molecule is C[Si](C)(C)/C=C/CNCc1ccccc1. The summed E-state index contributed by atoms with van der Waals surface area (Å²) in [4.78, 5) is 0. The van der Waals surface area contributed by atoms with Gasteiger partial charge in [0.1, 0.15) is 0 Å². The lowest BCUT2D eigenvalue weighted by atomic mass is 10.2. The highest BCUT2D eigenvalue weighted by atomic mass is 28.3. The van der Waals surface area contributed by atoms with E-state index in [2.05, 4.69) is 67.1 Å². The molecular weight excluding hydrogens is 198 g/mol. The average molecular weight is 219 g/mol. The molecule has 0 saturated carbocycles. The predicted molar refractivity (Wildman–Crippen MR) is 70.6 cm³/mol. The minimum atomic E-state index is -1.01. The molecule has 0 bridgehead atoms. The molecule has 0 radical (unpaired) electrons. The van der Waals surface area contributed by atoms with Gasteiger partial charge in [0, 0.05) is 13.1 Å². The second-order valence-corrected chi connectivity index (χ2v) is 9.95. The molecule has 0 amide bonds. The maximum atomic E-state index is 3.41. The van der Waals surface area contributed by atoms with E-state index in [0.29, 0.717) is 0 Å². The van der Waals surface area contributed by atoms with Gasteiger partial charge in [0.15, 0.2) is 0 Å². The van der Waals surface area contributed by atoms with Crippen molar-refractivity contribution < 1.29 is 0 Å². The van der Waals surface area contributed by atoms with Gasteiger partial charge in [-0.1, -0.05) is 61.7 Å². The number of rotatable bonds is 5.